The van der Waals surface area contributed by atoms with Crippen LogP contribution in [-0.4, -0.2) is 12.0 Å². The number of hydrogen-bond acceptors (Lipinski definition) is 4. The maximum absolute atomic E-state index is 10.9. The van der Waals surface area contributed by atoms with Gasteiger partial charge in [0.25, 0.3) is 5.69 Å². The fraction of sp³-hybridized carbons (Fsp3) is 0.250. The molecule has 0 aliphatic carbocycles. The summed E-state index contributed by atoms with van der Waals surface area (Å²) < 4.78 is 5.11. The second-order valence-corrected chi connectivity index (χ2v) is 4.81. The van der Waals surface area contributed by atoms with Crippen LogP contribution >= 0.6 is 0 Å². The molecule has 5 heteroatoms. The highest BCUT2D eigenvalue weighted by molar-refractivity contribution is 5.59. The third-order valence-corrected chi connectivity index (χ3v) is 3.29. The van der Waals surface area contributed by atoms with Crippen molar-refractivity contribution in [2.45, 2.75) is 20.1 Å². The molecule has 0 saturated carbocycles. The molecule has 2 aromatic carbocycles. The summed E-state index contributed by atoms with van der Waals surface area (Å²) in [6.45, 7) is 2.94. The van der Waals surface area contributed by atoms with Gasteiger partial charge in [0, 0.05) is 31.0 Å². The zero-order valence-electron chi connectivity index (χ0n) is 12.1. The summed E-state index contributed by atoms with van der Waals surface area (Å²) in [7, 11) is 1.66. The van der Waals surface area contributed by atoms with Crippen LogP contribution in [0.2, 0.25) is 0 Å². The molecule has 0 bridgehead atoms. The summed E-state index contributed by atoms with van der Waals surface area (Å²) >= 11 is 0. The molecule has 0 saturated heterocycles. The van der Waals surface area contributed by atoms with Crippen molar-refractivity contribution >= 4 is 11.4 Å². The Bertz CT molecular complexity index is 641. The van der Waals surface area contributed by atoms with E-state index >= 15 is 0 Å². The first kappa shape index (κ1) is 15.0. The number of benzene rings is 2. The van der Waals surface area contributed by atoms with Gasteiger partial charge in [-0.25, -0.2) is 0 Å². The zero-order chi connectivity index (χ0) is 15.2. The van der Waals surface area contributed by atoms with Crippen molar-refractivity contribution in [3.8, 4) is 0 Å². The second kappa shape index (κ2) is 6.85. The minimum Gasteiger partial charge on any atom is -0.381 e. The lowest BCUT2D eigenvalue weighted by molar-refractivity contribution is -0.385. The molecule has 5 nitrogen and oxygen atoms in total. The molecule has 0 radical (unpaired) electrons. The van der Waals surface area contributed by atoms with E-state index in [4.69, 9.17) is 4.74 Å². The maximum atomic E-state index is 10.9. The summed E-state index contributed by atoms with van der Waals surface area (Å²) in [4.78, 5) is 10.6. The molecule has 0 unspecified atom stereocenters. The summed E-state index contributed by atoms with van der Waals surface area (Å²) in [5, 5.41) is 14.2. The van der Waals surface area contributed by atoms with Crippen LogP contribution in [0.25, 0.3) is 0 Å². The summed E-state index contributed by atoms with van der Waals surface area (Å²) in [5.41, 5.74) is 3.77. The van der Waals surface area contributed by atoms with Gasteiger partial charge >= 0.3 is 0 Å². The van der Waals surface area contributed by atoms with Gasteiger partial charge in [0.1, 0.15) is 0 Å². The molecule has 0 spiro atoms. The topological polar surface area (TPSA) is 64.4 Å². The van der Waals surface area contributed by atoms with Gasteiger partial charge < -0.3 is 10.1 Å². The van der Waals surface area contributed by atoms with E-state index < -0.39 is 0 Å². The van der Waals surface area contributed by atoms with E-state index in [1.54, 1.807) is 20.1 Å². The van der Waals surface area contributed by atoms with Crippen LogP contribution in [0.1, 0.15) is 16.7 Å². The highest BCUT2D eigenvalue weighted by Crippen LogP contribution is 2.25. The Morgan fingerprint density at radius 1 is 1.19 bits per heavy atom. The number of nitro benzene ring substituents is 1. The third kappa shape index (κ3) is 3.79. The number of rotatable bonds is 6. The SMILES string of the molecule is COCc1cccc(CNc2cccc([N+](=O)[O-])c2C)c1. The van der Waals surface area contributed by atoms with Crippen LogP contribution in [0, 0.1) is 17.0 Å². The Kier molecular flexibility index (Phi) is 4.90. The molecule has 21 heavy (non-hydrogen) atoms. The summed E-state index contributed by atoms with van der Waals surface area (Å²) in [6.07, 6.45) is 0. The number of hydrogen-bond donors (Lipinski definition) is 1. The van der Waals surface area contributed by atoms with Gasteiger partial charge in [-0.05, 0) is 24.1 Å². The van der Waals surface area contributed by atoms with Crippen molar-refractivity contribution in [1.82, 2.24) is 0 Å². The number of methoxy groups -OCH3 is 1. The van der Waals surface area contributed by atoms with Crippen LogP contribution < -0.4 is 5.32 Å². The van der Waals surface area contributed by atoms with Gasteiger partial charge in [0.15, 0.2) is 0 Å². The monoisotopic (exact) mass is 286 g/mol. The van der Waals surface area contributed by atoms with Crippen molar-refractivity contribution in [3.05, 3.63) is 69.3 Å². The molecule has 1 N–H and O–H groups in total. The lowest BCUT2D eigenvalue weighted by Crippen LogP contribution is -2.03. The molecule has 0 aromatic heterocycles. The minimum atomic E-state index is -0.361. The summed E-state index contributed by atoms with van der Waals surface area (Å²) in [5.74, 6) is 0. The molecule has 2 rings (SSSR count). The highest BCUT2D eigenvalue weighted by atomic mass is 16.6. The minimum absolute atomic E-state index is 0.133. The molecular formula is C16H18N2O3. The van der Waals surface area contributed by atoms with E-state index in [2.05, 4.69) is 11.4 Å². The van der Waals surface area contributed by atoms with E-state index in [9.17, 15) is 10.1 Å². The van der Waals surface area contributed by atoms with E-state index in [1.807, 2.05) is 24.3 Å². The lowest BCUT2D eigenvalue weighted by atomic mass is 10.1. The van der Waals surface area contributed by atoms with Crippen LogP contribution in [0.15, 0.2) is 42.5 Å². The molecule has 0 aliphatic heterocycles. The molecule has 0 aliphatic rings. The number of anilines is 1. The number of nitro groups is 1. The van der Waals surface area contributed by atoms with Crippen molar-refractivity contribution in [2.24, 2.45) is 0 Å². The Morgan fingerprint density at radius 2 is 1.90 bits per heavy atom. The zero-order valence-corrected chi connectivity index (χ0v) is 12.1. The van der Waals surface area contributed by atoms with E-state index in [0.29, 0.717) is 18.7 Å². The molecule has 0 atom stereocenters. The number of nitrogens with one attached hydrogen (secondary N) is 1. The molecule has 110 valence electrons. The Hall–Kier alpha value is -2.40. The van der Waals surface area contributed by atoms with Crippen molar-refractivity contribution < 1.29 is 9.66 Å². The van der Waals surface area contributed by atoms with E-state index in [-0.39, 0.29) is 10.6 Å². The molecule has 0 heterocycles. The van der Waals surface area contributed by atoms with Gasteiger partial charge in [0.05, 0.1) is 11.5 Å². The molecule has 0 fully saturated rings. The lowest BCUT2D eigenvalue weighted by Gasteiger charge is -2.10. The Morgan fingerprint density at radius 3 is 2.62 bits per heavy atom. The van der Waals surface area contributed by atoms with Crippen molar-refractivity contribution in [3.63, 3.8) is 0 Å². The van der Waals surface area contributed by atoms with Crippen LogP contribution in [0.5, 0.6) is 0 Å². The van der Waals surface area contributed by atoms with Crippen molar-refractivity contribution in [1.29, 1.82) is 0 Å². The largest absolute Gasteiger partial charge is 0.381 e. The van der Waals surface area contributed by atoms with Crippen LogP contribution in [0.4, 0.5) is 11.4 Å². The predicted molar refractivity (Wildman–Crippen MR) is 82.3 cm³/mol. The first-order valence-corrected chi connectivity index (χ1v) is 6.66. The van der Waals surface area contributed by atoms with E-state index in [0.717, 1.165) is 16.8 Å². The van der Waals surface area contributed by atoms with Gasteiger partial charge in [-0.3, -0.25) is 10.1 Å². The first-order valence-electron chi connectivity index (χ1n) is 6.66. The van der Waals surface area contributed by atoms with Gasteiger partial charge in [0.2, 0.25) is 0 Å². The highest BCUT2D eigenvalue weighted by Gasteiger charge is 2.12. The standard InChI is InChI=1S/C16H18N2O3/c1-12-15(7-4-8-16(12)18(19)20)17-10-13-5-3-6-14(9-13)11-21-2/h3-9,17H,10-11H2,1-2H3. The Balaban J connectivity index is 2.11. The maximum Gasteiger partial charge on any atom is 0.274 e. The predicted octanol–water partition coefficient (Wildman–Crippen LogP) is 3.66. The second-order valence-electron chi connectivity index (χ2n) is 4.81. The third-order valence-electron chi connectivity index (χ3n) is 3.29. The molecule has 2 aromatic rings. The van der Waals surface area contributed by atoms with Gasteiger partial charge in [-0.15, -0.1) is 0 Å². The average molecular weight is 286 g/mol. The Labute approximate surface area is 123 Å². The summed E-state index contributed by atoms with van der Waals surface area (Å²) in [6, 6.07) is 13.1. The average Bonchev–Trinajstić information content (AvgIpc) is 2.46. The van der Waals surface area contributed by atoms with Gasteiger partial charge in [-0.2, -0.15) is 0 Å². The van der Waals surface area contributed by atoms with Crippen LogP contribution in [0.3, 0.4) is 0 Å². The van der Waals surface area contributed by atoms with Crippen molar-refractivity contribution in [2.75, 3.05) is 12.4 Å². The number of ether oxygens (including phenoxy) is 1. The normalized spacial score (nSPS) is 10.4. The molecule has 0 amide bonds. The van der Waals surface area contributed by atoms with Gasteiger partial charge in [-0.1, -0.05) is 30.3 Å². The first-order chi connectivity index (χ1) is 10.1. The molecular weight excluding hydrogens is 268 g/mol. The van der Waals surface area contributed by atoms with Crippen LogP contribution in [-0.2, 0) is 17.9 Å². The fourth-order valence-electron chi connectivity index (χ4n) is 2.21. The van der Waals surface area contributed by atoms with E-state index in [1.165, 1.54) is 6.07 Å². The quantitative estimate of drug-likeness (QED) is 0.650. The fourth-order valence-corrected chi connectivity index (χ4v) is 2.21. The smallest absolute Gasteiger partial charge is 0.274 e. The number of nitrogens with zero attached hydrogens (tertiary/aromatic N) is 1.